The Morgan fingerprint density at radius 1 is 1.33 bits per heavy atom. The van der Waals surface area contributed by atoms with Crippen LogP contribution in [0, 0.1) is 5.41 Å². The molecule has 1 saturated heterocycles. The lowest BCUT2D eigenvalue weighted by Crippen LogP contribution is -2.44. The van der Waals surface area contributed by atoms with Crippen LogP contribution in [0.4, 0.5) is 0 Å². The SMILES string of the molecule is CCC1(C)CCN(C(=NC)NCCNS(=O)(=O)CC)C1.I. The highest BCUT2D eigenvalue weighted by molar-refractivity contribution is 14.0. The first-order valence-electron chi connectivity index (χ1n) is 7.28. The van der Waals surface area contributed by atoms with Crippen LogP contribution < -0.4 is 10.0 Å². The minimum Gasteiger partial charge on any atom is -0.355 e. The van der Waals surface area contributed by atoms with Gasteiger partial charge in [0.1, 0.15) is 0 Å². The molecule has 0 aliphatic carbocycles. The molecule has 0 aromatic heterocycles. The molecule has 0 aromatic rings. The number of hydrogen-bond acceptors (Lipinski definition) is 3. The van der Waals surface area contributed by atoms with Crippen LogP contribution in [0.3, 0.4) is 0 Å². The predicted molar refractivity (Wildman–Crippen MR) is 98.8 cm³/mol. The molecule has 1 aliphatic heterocycles. The summed E-state index contributed by atoms with van der Waals surface area (Å²) in [5.41, 5.74) is 0.363. The van der Waals surface area contributed by atoms with Gasteiger partial charge in [-0.15, -0.1) is 24.0 Å². The number of hydrogen-bond donors (Lipinski definition) is 2. The summed E-state index contributed by atoms with van der Waals surface area (Å²) >= 11 is 0. The van der Waals surface area contributed by atoms with E-state index < -0.39 is 10.0 Å². The van der Waals surface area contributed by atoms with E-state index >= 15 is 0 Å². The predicted octanol–water partition coefficient (Wildman–Crippen LogP) is 1.24. The number of nitrogens with one attached hydrogen (secondary N) is 2. The van der Waals surface area contributed by atoms with Crippen molar-refractivity contribution < 1.29 is 8.42 Å². The maximum absolute atomic E-state index is 11.3. The topological polar surface area (TPSA) is 73.8 Å². The Morgan fingerprint density at radius 3 is 2.48 bits per heavy atom. The number of nitrogens with zero attached hydrogens (tertiary/aromatic N) is 2. The van der Waals surface area contributed by atoms with E-state index in [2.05, 4.69) is 33.8 Å². The van der Waals surface area contributed by atoms with E-state index in [1.165, 1.54) is 6.42 Å². The number of rotatable bonds is 6. The Kier molecular flexibility index (Phi) is 9.10. The molecule has 0 amide bonds. The zero-order valence-electron chi connectivity index (χ0n) is 13.5. The average Bonchev–Trinajstić information content (AvgIpc) is 2.82. The number of sulfonamides is 1. The zero-order chi connectivity index (χ0) is 15.2. The molecule has 2 N–H and O–H groups in total. The Balaban J connectivity index is 0.00000400. The van der Waals surface area contributed by atoms with Crippen LogP contribution in [-0.4, -0.2) is 58.3 Å². The van der Waals surface area contributed by atoms with E-state index in [0.717, 1.165) is 25.5 Å². The van der Waals surface area contributed by atoms with Gasteiger partial charge in [-0.2, -0.15) is 0 Å². The van der Waals surface area contributed by atoms with Crippen LogP contribution in [0.5, 0.6) is 0 Å². The van der Waals surface area contributed by atoms with Crippen molar-refractivity contribution in [2.45, 2.75) is 33.6 Å². The molecule has 1 aliphatic rings. The number of halogens is 1. The van der Waals surface area contributed by atoms with Crippen LogP contribution in [-0.2, 0) is 10.0 Å². The van der Waals surface area contributed by atoms with Gasteiger partial charge in [0, 0.05) is 33.2 Å². The molecule has 1 fully saturated rings. The molecular weight excluding hydrogens is 403 g/mol. The Hall–Kier alpha value is -0.0900. The van der Waals surface area contributed by atoms with E-state index in [-0.39, 0.29) is 29.7 Å². The van der Waals surface area contributed by atoms with Crippen molar-refractivity contribution in [3.8, 4) is 0 Å². The van der Waals surface area contributed by atoms with Crippen molar-refractivity contribution >= 4 is 40.0 Å². The highest BCUT2D eigenvalue weighted by Crippen LogP contribution is 2.32. The summed E-state index contributed by atoms with van der Waals surface area (Å²) in [5.74, 6) is 0.973. The maximum Gasteiger partial charge on any atom is 0.211 e. The first-order valence-corrected chi connectivity index (χ1v) is 8.94. The molecule has 0 aromatic carbocycles. The summed E-state index contributed by atoms with van der Waals surface area (Å²) < 4.78 is 25.2. The number of aliphatic imine (C=N–C) groups is 1. The van der Waals surface area contributed by atoms with Crippen LogP contribution in [0.2, 0.25) is 0 Å². The second-order valence-electron chi connectivity index (χ2n) is 5.61. The fourth-order valence-corrected chi connectivity index (χ4v) is 2.93. The standard InChI is InChI=1S/C13H28N4O2S.HI/c1-5-13(3)7-10-17(11-13)12(14-4)15-8-9-16-20(18,19)6-2;/h16H,5-11H2,1-4H3,(H,14,15);1H. The van der Waals surface area contributed by atoms with Crippen molar-refractivity contribution in [3.05, 3.63) is 0 Å². The molecular formula is C13H29IN4O2S. The van der Waals surface area contributed by atoms with Gasteiger partial charge in [-0.1, -0.05) is 13.8 Å². The largest absolute Gasteiger partial charge is 0.355 e. The van der Waals surface area contributed by atoms with Crippen LogP contribution in [0.25, 0.3) is 0 Å². The van der Waals surface area contributed by atoms with Crippen LogP contribution >= 0.6 is 24.0 Å². The van der Waals surface area contributed by atoms with Crippen LogP contribution in [0.15, 0.2) is 4.99 Å². The summed E-state index contributed by atoms with van der Waals surface area (Å²) in [7, 11) is -1.35. The zero-order valence-corrected chi connectivity index (χ0v) is 16.6. The van der Waals surface area contributed by atoms with Gasteiger partial charge in [-0.05, 0) is 25.2 Å². The summed E-state index contributed by atoms with van der Waals surface area (Å²) in [6.07, 6.45) is 2.34. The van der Waals surface area contributed by atoms with E-state index in [4.69, 9.17) is 0 Å². The summed E-state index contributed by atoms with van der Waals surface area (Å²) in [6, 6.07) is 0. The van der Waals surface area contributed by atoms with Gasteiger partial charge in [0.05, 0.1) is 5.75 Å². The second kappa shape index (κ2) is 9.14. The monoisotopic (exact) mass is 432 g/mol. The van der Waals surface area contributed by atoms with Crippen molar-refractivity contribution in [2.75, 3.05) is 39.0 Å². The Labute approximate surface area is 146 Å². The summed E-state index contributed by atoms with van der Waals surface area (Å²) in [6.45, 7) is 9.09. The van der Waals surface area contributed by atoms with E-state index in [1.54, 1.807) is 14.0 Å². The minimum absolute atomic E-state index is 0. The average molecular weight is 432 g/mol. The third kappa shape index (κ3) is 6.68. The smallest absolute Gasteiger partial charge is 0.211 e. The van der Waals surface area contributed by atoms with Crippen LogP contribution in [0.1, 0.15) is 33.6 Å². The third-order valence-electron chi connectivity index (χ3n) is 4.03. The molecule has 0 spiro atoms. The van der Waals surface area contributed by atoms with Gasteiger partial charge in [-0.3, -0.25) is 4.99 Å². The molecule has 126 valence electrons. The van der Waals surface area contributed by atoms with Crippen molar-refractivity contribution in [2.24, 2.45) is 10.4 Å². The van der Waals surface area contributed by atoms with Crippen molar-refractivity contribution in [1.82, 2.24) is 14.9 Å². The fraction of sp³-hybridized carbons (Fsp3) is 0.923. The van der Waals surface area contributed by atoms with Gasteiger partial charge in [0.15, 0.2) is 5.96 Å². The number of guanidine groups is 1. The van der Waals surface area contributed by atoms with Gasteiger partial charge >= 0.3 is 0 Å². The summed E-state index contributed by atoms with van der Waals surface area (Å²) in [4.78, 5) is 6.53. The lowest BCUT2D eigenvalue weighted by atomic mass is 9.87. The normalized spacial score (nSPS) is 23.0. The molecule has 21 heavy (non-hydrogen) atoms. The van der Waals surface area contributed by atoms with Crippen molar-refractivity contribution in [1.29, 1.82) is 0 Å². The van der Waals surface area contributed by atoms with E-state index in [9.17, 15) is 8.42 Å². The summed E-state index contributed by atoms with van der Waals surface area (Å²) in [5, 5.41) is 3.22. The lowest BCUT2D eigenvalue weighted by molar-refractivity contribution is 0.322. The fourth-order valence-electron chi connectivity index (χ4n) is 2.31. The molecule has 1 atom stereocenters. The third-order valence-corrected chi connectivity index (χ3v) is 5.44. The quantitative estimate of drug-likeness (QED) is 0.287. The van der Waals surface area contributed by atoms with E-state index in [1.807, 2.05) is 0 Å². The molecule has 0 saturated carbocycles. The number of likely N-dealkylation sites (tertiary alicyclic amines) is 1. The van der Waals surface area contributed by atoms with Gasteiger partial charge < -0.3 is 10.2 Å². The molecule has 0 radical (unpaired) electrons. The van der Waals surface area contributed by atoms with Gasteiger partial charge in [0.2, 0.25) is 10.0 Å². The van der Waals surface area contributed by atoms with Gasteiger partial charge in [-0.25, -0.2) is 13.1 Å². The minimum atomic E-state index is -3.11. The maximum atomic E-state index is 11.3. The van der Waals surface area contributed by atoms with Crippen molar-refractivity contribution in [3.63, 3.8) is 0 Å². The lowest BCUT2D eigenvalue weighted by Gasteiger charge is -2.25. The molecule has 1 rings (SSSR count). The Morgan fingerprint density at radius 2 is 2.00 bits per heavy atom. The first-order chi connectivity index (χ1) is 9.36. The van der Waals surface area contributed by atoms with E-state index in [0.29, 0.717) is 18.5 Å². The highest BCUT2D eigenvalue weighted by Gasteiger charge is 2.33. The highest BCUT2D eigenvalue weighted by atomic mass is 127. The first kappa shape index (κ1) is 20.9. The molecule has 1 unspecified atom stereocenters. The second-order valence-corrected chi connectivity index (χ2v) is 7.70. The van der Waals surface area contributed by atoms with Gasteiger partial charge in [0.25, 0.3) is 0 Å². The molecule has 6 nitrogen and oxygen atoms in total. The molecule has 8 heteroatoms. The molecule has 0 bridgehead atoms. The molecule has 1 heterocycles. The Bertz CT molecular complexity index is 441.